The van der Waals surface area contributed by atoms with E-state index < -0.39 is 26.9 Å². The van der Waals surface area contributed by atoms with Crippen LogP contribution in [-0.2, 0) is 9.84 Å². The molecule has 1 unspecified atom stereocenters. The van der Waals surface area contributed by atoms with Crippen LogP contribution >= 0.6 is 0 Å². The van der Waals surface area contributed by atoms with Crippen molar-refractivity contribution in [3.63, 3.8) is 0 Å². The summed E-state index contributed by atoms with van der Waals surface area (Å²) in [4.78, 5) is 26.6. The van der Waals surface area contributed by atoms with Gasteiger partial charge in [-0.2, -0.15) is 0 Å². The third-order valence-electron chi connectivity index (χ3n) is 4.94. The quantitative estimate of drug-likeness (QED) is 0.496. The summed E-state index contributed by atoms with van der Waals surface area (Å²) < 4.78 is 35.9. The maximum atomic E-state index is 12.9. The third-order valence-corrected chi connectivity index (χ3v) is 6.39. The van der Waals surface area contributed by atoms with Crippen LogP contribution in [0.4, 0.5) is 11.4 Å². The summed E-state index contributed by atoms with van der Waals surface area (Å²) in [5, 5.41) is -1.16. The van der Waals surface area contributed by atoms with Crippen molar-refractivity contribution in [3.05, 3.63) is 47.0 Å². The molecule has 160 valence electrons. The van der Waals surface area contributed by atoms with Crippen molar-refractivity contribution in [3.8, 4) is 11.5 Å². The Hall–Kier alpha value is -3.27. The van der Waals surface area contributed by atoms with Gasteiger partial charge in [-0.05, 0) is 36.8 Å². The number of fused-ring (bicyclic) bond motifs is 1. The average molecular weight is 433 g/mol. The second-order valence-electron chi connectivity index (χ2n) is 6.87. The van der Waals surface area contributed by atoms with Crippen molar-refractivity contribution in [1.29, 1.82) is 0 Å². The van der Waals surface area contributed by atoms with Crippen LogP contribution in [0.2, 0.25) is 0 Å². The number of ether oxygens (including phenoxy) is 2. The molecule has 30 heavy (non-hydrogen) atoms. The second kappa shape index (κ2) is 7.86. The van der Waals surface area contributed by atoms with Crippen molar-refractivity contribution in [2.75, 3.05) is 38.0 Å². The van der Waals surface area contributed by atoms with Crippen LogP contribution in [-0.4, -0.2) is 51.6 Å². The minimum Gasteiger partial charge on any atom is -0.493 e. The average Bonchev–Trinajstić information content (AvgIpc) is 2.92. The van der Waals surface area contributed by atoms with Gasteiger partial charge in [0.25, 0.3) is 11.8 Å². The summed E-state index contributed by atoms with van der Waals surface area (Å²) in [5.74, 6) is -0.483. The number of nitrogens with zero attached hydrogens (tertiary/aromatic N) is 1. The number of carbonyl (C=O) groups is 2. The summed E-state index contributed by atoms with van der Waals surface area (Å²) in [6, 6.07) is 7.54. The summed E-state index contributed by atoms with van der Waals surface area (Å²) >= 11 is 0. The Morgan fingerprint density at radius 2 is 1.77 bits per heavy atom. The summed E-state index contributed by atoms with van der Waals surface area (Å²) in [7, 11) is -2.23. The van der Waals surface area contributed by atoms with E-state index in [0.717, 1.165) is 11.2 Å². The maximum Gasteiger partial charge on any atom is 0.263 e. The molecule has 4 N–H and O–H groups in total. The van der Waals surface area contributed by atoms with Gasteiger partial charge in [0.2, 0.25) is 0 Å². The zero-order chi connectivity index (χ0) is 22.2. The van der Waals surface area contributed by atoms with Gasteiger partial charge in [0.1, 0.15) is 5.25 Å². The summed E-state index contributed by atoms with van der Waals surface area (Å²) in [6.45, 7) is 1.76. The van der Waals surface area contributed by atoms with E-state index >= 15 is 0 Å². The number of rotatable bonds is 7. The molecular weight excluding hydrogens is 410 g/mol. The first-order valence-electron chi connectivity index (χ1n) is 9.13. The monoisotopic (exact) mass is 433 g/mol. The van der Waals surface area contributed by atoms with Crippen LogP contribution in [0.3, 0.4) is 0 Å². The Morgan fingerprint density at radius 3 is 2.37 bits per heavy atom. The Balaban J connectivity index is 2.02. The smallest absolute Gasteiger partial charge is 0.263 e. The van der Waals surface area contributed by atoms with E-state index in [2.05, 4.69) is 0 Å². The standard InChI is InChI=1S/C20H23N3O6S/c1-4-29-15-9-11(5-8-14(15)28-2)16(30(3,26)27)10-23-19(24)12-6-7-13(21)18(22)17(12)20(23)25/h5-9,16H,4,10,21-22H2,1-3H3. The van der Waals surface area contributed by atoms with Crippen LogP contribution in [0.1, 0.15) is 38.5 Å². The number of amides is 2. The van der Waals surface area contributed by atoms with Crippen LogP contribution in [0.15, 0.2) is 30.3 Å². The molecule has 1 heterocycles. The molecule has 0 saturated carbocycles. The number of sulfone groups is 1. The Labute approximate surface area is 174 Å². The van der Waals surface area contributed by atoms with E-state index in [0.29, 0.717) is 23.7 Å². The number of hydrogen-bond donors (Lipinski definition) is 2. The van der Waals surface area contributed by atoms with E-state index in [-0.39, 0.29) is 29.0 Å². The first-order valence-corrected chi connectivity index (χ1v) is 11.1. The van der Waals surface area contributed by atoms with Gasteiger partial charge in [-0.1, -0.05) is 6.07 Å². The zero-order valence-electron chi connectivity index (χ0n) is 16.8. The first kappa shape index (κ1) is 21.4. The van der Waals surface area contributed by atoms with E-state index in [1.165, 1.54) is 19.2 Å². The number of imide groups is 1. The largest absolute Gasteiger partial charge is 0.493 e. The maximum absolute atomic E-state index is 12.9. The second-order valence-corrected chi connectivity index (χ2v) is 9.10. The predicted molar refractivity (Wildman–Crippen MR) is 112 cm³/mol. The zero-order valence-corrected chi connectivity index (χ0v) is 17.7. The molecular formula is C20H23N3O6S. The molecule has 1 aliphatic heterocycles. The number of carbonyl (C=O) groups excluding carboxylic acids is 2. The van der Waals surface area contributed by atoms with Gasteiger partial charge in [0.15, 0.2) is 21.3 Å². The molecule has 0 spiro atoms. The molecule has 0 aromatic heterocycles. The van der Waals surface area contributed by atoms with Gasteiger partial charge in [-0.15, -0.1) is 0 Å². The number of hydrogen-bond acceptors (Lipinski definition) is 8. The van der Waals surface area contributed by atoms with Crippen molar-refractivity contribution in [1.82, 2.24) is 4.90 Å². The van der Waals surface area contributed by atoms with E-state index in [4.69, 9.17) is 20.9 Å². The van der Waals surface area contributed by atoms with Crippen LogP contribution in [0.5, 0.6) is 11.5 Å². The molecule has 0 fully saturated rings. The van der Waals surface area contributed by atoms with Gasteiger partial charge in [-0.25, -0.2) is 8.42 Å². The topological polar surface area (TPSA) is 142 Å². The minimum absolute atomic E-state index is 0.00279. The lowest BCUT2D eigenvalue weighted by molar-refractivity contribution is 0.0654. The highest BCUT2D eigenvalue weighted by atomic mass is 32.2. The van der Waals surface area contributed by atoms with E-state index in [1.54, 1.807) is 25.1 Å². The Kier molecular flexibility index (Phi) is 5.62. The lowest BCUT2D eigenvalue weighted by atomic mass is 10.1. The fraction of sp³-hybridized carbons (Fsp3) is 0.300. The summed E-state index contributed by atoms with van der Waals surface area (Å²) in [5.41, 5.74) is 12.3. The van der Waals surface area contributed by atoms with Crippen LogP contribution in [0.25, 0.3) is 0 Å². The van der Waals surface area contributed by atoms with Crippen molar-refractivity contribution < 1.29 is 27.5 Å². The lowest BCUT2D eigenvalue weighted by Crippen LogP contribution is -2.36. The highest BCUT2D eigenvalue weighted by Gasteiger charge is 2.41. The highest BCUT2D eigenvalue weighted by molar-refractivity contribution is 7.91. The molecule has 0 bridgehead atoms. The molecule has 9 nitrogen and oxygen atoms in total. The first-order chi connectivity index (χ1) is 14.1. The highest BCUT2D eigenvalue weighted by Crippen LogP contribution is 2.36. The van der Waals surface area contributed by atoms with Crippen molar-refractivity contribution in [2.24, 2.45) is 0 Å². The number of benzene rings is 2. The van der Waals surface area contributed by atoms with Gasteiger partial charge in [-0.3, -0.25) is 14.5 Å². The molecule has 2 amide bonds. The number of nitrogens with two attached hydrogens (primary N) is 2. The molecule has 0 radical (unpaired) electrons. The number of nitrogen functional groups attached to an aromatic ring is 2. The van der Waals surface area contributed by atoms with Gasteiger partial charge in [0.05, 0.1) is 42.8 Å². The normalized spacial score (nSPS) is 14.6. The third kappa shape index (κ3) is 3.65. The number of methoxy groups -OCH3 is 1. The molecule has 3 rings (SSSR count). The van der Waals surface area contributed by atoms with Crippen molar-refractivity contribution in [2.45, 2.75) is 12.2 Å². The molecule has 2 aromatic rings. The fourth-order valence-corrected chi connectivity index (χ4v) is 4.46. The SMILES string of the molecule is CCOc1cc(C(CN2C(=O)c3ccc(N)c(N)c3C2=O)S(C)(=O)=O)ccc1OC. The molecule has 2 aromatic carbocycles. The van der Waals surface area contributed by atoms with E-state index in [1.807, 2.05) is 0 Å². The van der Waals surface area contributed by atoms with Gasteiger partial charge < -0.3 is 20.9 Å². The van der Waals surface area contributed by atoms with Crippen LogP contribution < -0.4 is 20.9 Å². The lowest BCUT2D eigenvalue weighted by Gasteiger charge is -2.22. The van der Waals surface area contributed by atoms with Crippen LogP contribution in [0, 0.1) is 0 Å². The summed E-state index contributed by atoms with van der Waals surface area (Å²) in [6.07, 6.45) is 1.05. The van der Waals surface area contributed by atoms with E-state index in [9.17, 15) is 18.0 Å². The minimum atomic E-state index is -3.71. The predicted octanol–water partition coefficient (Wildman–Crippen LogP) is 1.64. The van der Waals surface area contributed by atoms with Gasteiger partial charge >= 0.3 is 0 Å². The number of anilines is 2. The molecule has 0 saturated heterocycles. The Bertz CT molecular complexity index is 1130. The van der Waals surface area contributed by atoms with Crippen molar-refractivity contribution >= 4 is 33.0 Å². The molecule has 1 aliphatic rings. The molecule has 10 heteroatoms. The fourth-order valence-electron chi connectivity index (χ4n) is 3.40. The molecule has 0 aliphatic carbocycles. The van der Waals surface area contributed by atoms with Gasteiger partial charge in [0, 0.05) is 6.26 Å². The Morgan fingerprint density at radius 1 is 1.07 bits per heavy atom. The molecule has 1 atom stereocenters.